The fraction of sp³-hybridized carbons (Fsp3) is 0.100. The van der Waals surface area contributed by atoms with Crippen LogP contribution in [0.3, 0.4) is 0 Å². The number of nitro groups is 1. The Morgan fingerprint density at radius 1 is 1.44 bits per heavy atom. The Morgan fingerprint density at radius 3 is 2.75 bits per heavy atom. The topological polar surface area (TPSA) is 76.0 Å². The van der Waals surface area contributed by atoms with Crippen LogP contribution in [-0.2, 0) is 0 Å². The molecule has 0 saturated heterocycles. The molecule has 1 aromatic heterocycles. The molecule has 2 aromatic rings. The van der Waals surface area contributed by atoms with Crippen molar-refractivity contribution in [1.29, 1.82) is 0 Å². The van der Waals surface area contributed by atoms with E-state index in [-0.39, 0.29) is 11.1 Å². The molecule has 16 heavy (non-hydrogen) atoms. The van der Waals surface area contributed by atoms with Gasteiger partial charge in [0.15, 0.2) is 0 Å². The number of benzene rings is 1. The van der Waals surface area contributed by atoms with Gasteiger partial charge >= 0.3 is 0 Å². The molecule has 0 saturated carbocycles. The molecule has 0 aliphatic heterocycles. The summed E-state index contributed by atoms with van der Waals surface area (Å²) >= 11 is 0. The van der Waals surface area contributed by atoms with E-state index < -0.39 is 22.0 Å². The number of hydrogen-bond donors (Lipinski definition) is 1. The van der Waals surface area contributed by atoms with Crippen LogP contribution in [0.5, 0.6) is 0 Å². The summed E-state index contributed by atoms with van der Waals surface area (Å²) in [5.41, 5.74) is -0.884. The van der Waals surface area contributed by atoms with Crippen molar-refractivity contribution in [1.82, 2.24) is 4.98 Å². The molecule has 0 amide bonds. The van der Waals surface area contributed by atoms with Crippen LogP contribution in [0.15, 0.2) is 23.0 Å². The van der Waals surface area contributed by atoms with E-state index in [0.29, 0.717) is 5.39 Å². The maximum absolute atomic E-state index is 13.4. The van der Waals surface area contributed by atoms with E-state index in [2.05, 4.69) is 4.98 Å². The highest BCUT2D eigenvalue weighted by atomic mass is 19.1. The lowest BCUT2D eigenvalue weighted by atomic mass is 10.1. The van der Waals surface area contributed by atoms with E-state index in [9.17, 15) is 19.3 Å². The molecule has 1 aromatic carbocycles. The predicted octanol–water partition coefficient (Wildman–Crippen LogP) is 1.88. The molecule has 5 nitrogen and oxygen atoms in total. The lowest BCUT2D eigenvalue weighted by Gasteiger charge is -2.03. The first kappa shape index (κ1) is 10.3. The van der Waals surface area contributed by atoms with Gasteiger partial charge < -0.3 is 4.98 Å². The summed E-state index contributed by atoms with van der Waals surface area (Å²) in [7, 11) is 0. The van der Waals surface area contributed by atoms with Crippen molar-refractivity contribution < 1.29 is 9.31 Å². The van der Waals surface area contributed by atoms with Crippen LogP contribution in [0.1, 0.15) is 5.56 Å². The Morgan fingerprint density at radius 2 is 2.12 bits per heavy atom. The van der Waals surface area contributed by atoms with Crippen LogP contribution in [0.25, 0.3) is 10.9 Å². The Kier molecular flexibility index (Phi) is 2.19. The molecule has 0 aliphatic carbocycles. The lowest BCUT2D eigenvalue weighted by Crippen LogP contribution is -2.06. The molecule has 82 valence electrons. The number of nitrogens with zero attached hydrogens (tertiary/aromatic N) is 1. The molecular weight excluding hydrogens is 215 g/mol. The smallest absolute Gasteiger partial charge is 0.299 e. The van der Waals surface area contributed by atoms with E-state index in [1.165, 1.54) is 19.1 Å². The second kappa shape index (κ2) is 3.41. The Labute approximate surface area is 88.7 Å². The molecule has 2 rings (SSSR count). The molecule has 0 radical (unpaired) electrons. The molecule has 0 fully saturated rings. The highest BCUT2D eigenvalue weighted by molar-refractivity contribution is 5.88. The number of fused-ring (bicyclic) bond motifs is 1. The first-order valence-corrected chi connectivity index (χ1v) is 4.47. The number of hydrogen-bond acceptors (Lipinski definition) is 3. The van der Waals surface area contributed by atoms with Crippen molar-refractivity contribution in [3.05, 3.63) is 50.0 Å². The number of nitro benzene ring substituents is 1. The van der Waals surface area contributed by atoms with Crippen LogP contribution >= 0.6 is 0 Å². The summed E-state index contributed by atoms with van der Waals surface area (Å²) in [5.74, 6) is -0.661. The fourth-order valence-electron chi connectivity index (χ4n) is 1.58. The first-order chi connectivity index (χ1) is 7.50. The van der Waals surface area contributed by atoms with Gasteiger partial charge in [0.1, 0.15) is 11.3 Å². The molecule has 6 heteroatoms. The van der Waals surface area contributed by atoms with E-state index in [1.54, 1.807) is 0 Å². The van der Waals surface area contributed by atoms with E-state index in [0.717, 1.165) is 6.07 Å². The van der Waals surface area contributed by atoms with E-state index in [1.807, 2.05) is 0 Å². The zero-order valence-electron chi connectivity index (χ0n) is 8.28. The van der Waals surface area contributed by atoms with Crippen molar-refractivity contribution >= 4 is 16.6 Å². The summed E-state index contributed by atoms with van der Waals surface area (Å²) in [6, 6.07) is 3.71. The normalized spacial score (nSPS) is 10.6. The number of aromatic amines is 1. The monoisotopic (exact) mass is 222 g/mol. The highest BCUT2D eigenvalue weighted by Crippen LogP contribution is 2.28. The SMILES string of the molecule is Cc1c(F)cc2ccc(=O)[nH]c2c1[N+](=O)[O-]. The Balaban J connectivity index is 3.02. The van der Waals surface area contributed by atoms with Crippen molar-refractivity contribution in [2.45, 2.75) is 6.92 Å². The van der Waals surface area contributed by atoms with Gasteiger partial charge in [0.05, 0.1) is 10.5 Å². The van der Waals surface area contributed by atoms with Gasteiger partial charge in [0.25, 0.3) is 5.69 Å². The van der Waals surface area contributed by atoms with Crippen molar-refractivity contribution in [3.8, 4) is 0 Å². The van der Waals surface area contributed by atoms with Crippen LogP contribution in [0.4, 0.5) is 10.1 Å². The molecule has 0 bridgehead atoms. The summed E-state index contributed by atoms with van der Waals surface area (Å²) in [5, 5.41) is 11.1. The summed E-state index contributed by atoms with van der Waals surface area (Å²) in [4.78, 5) is 23.5. The van der Waals surface area contributed by atoms with Gasteiger partial charge in [-0.2, -0.15) is 0 Å². The summed E-state index contributed by atoms with van der Waals surface area (Å²) < 4.78 is 13.4. The van der Waals surface area contributed by atoms with Crippen molar-refractivity contribution in [3.63, 3.8) is 0 Å². The third-order valence-corrected chi connectivity index (χ3v) is 2.37. The van der Waals surface area contributed by atoms with Gasteiger partial charge in [-0.25, -0.2) is 4.39 Å². The minimum Gasteiger partial charge on any atom is -0.316 e. The third kappa shape index (κ3) is 1.44. The Hall–Kier alpha value is -2.24. The molecule has 0 unspecified atom stereocenters. The van der Waals surface area contributed by atoms with Gasteiger partial charge in [-0.05, 0) is 19.1 Å². The van der Waals surface area contributed by atoms with Crippen LogP contribution in [-0.4, -0.2) is 9.91 Å². The number of rotatable bonds is 1. The molecule has 1 heterocycles. The molecular formula is C10H7FN2O3. The van der Waals surface area contributed by atoms with Crippen LogP contribution in [0.2, 0.25) is 0 Å². The van der Waals surface area contributed by atoms with Crippen LogP contribution < -0.4 is 5.56 Å². The second-order valence-corrected chi connectivity index (χ2v) is 3.38. The average molecular weight is 222 g/mol. The average Bonchev–Trinajstić information content (AvgIpc) is 2.20. The largest absolute Gasteiger partial charge is 0.316 e. The number of nitrogens with one attached hydrogen (secondary N) is 1. The number of pyridine rings is 1. The molecule has 0 spiro atoms. The number of aromatic nitrogens is 1. The quantitative estimate of drug-likeness (QED) is 0.591. The third-order valence-electron chi connectivity index (χ3n) is 2.37. The maximum Gasteiger partial charge on any atom is 0.299 e. The lowest BCUT2D eigenvalue weighted by molar-refractivity contribution is -0.383. The van der Waals surface area contributed by atoms with Gasteiger partial charge in [-0.3, -0.25) is 14.9 Å². The number of halogens is 1. The van der Waals surface area contributed by atoms with Crippen LogP contribution in [0, 0.1) is 22.9 Å². The van der Waals surface area contributed by atoms with Crippen molar-refractivity contribution in [2.75, 3.05) is 0 Å². The minimum absolute atomic E-state index is 0.0522. The van der Waals surface area contributed by atoms with Gasteiger partial charge in [-0.1, -0.05) is 0 Å². The van der Waals surface area contributed by atoms with E-state index in [4.69, 9.17) is 0 Å². The molecule has 1 N–H and O–H groups in total. The van der Waals surface area contributed by atoms with Crippen molar-refractivity contribution in [2.24, 2.45) is 0 Å². The first-order valence-electron chi connectivity index (χ1n) is 4.47. The molecule has 0 atom stereocenters. The van der Waals surface area contributed by atoms with Gasteiger partial charge in [0.2, 0.25) is 5.56 Å². The zero-order valence-corrected chi connectivity index (χ0v) is 8.28. The zero-order chi connectivity index (χ0) is 11.9. The minimum atomic E-state index is -0.698. The highest BCUT2D eigenvalue weighted by Gasteiger charge is 2.20. The second-order valence-electron chi connectivity index (χ2n) is 3.38. The number of H-pyrrole nitrogens is 1. The molecule has 0 aliphatic rings. The van der Waals surface area contributed by atoms with E-state index >= 15 is 0 Å². The summed E-state index contributed by atoms with van der Waals surface area (Å²) in [6.07, 6.45) is 0. The standard InChI is InChI=1S/C10H7FN2O3/c1-5-7(11)4-6-2-3-8(14)12-9(6)10(5)13(15)16/h2-4H,1H3,(H,12,14). The van der Waals surface area contributed by atoms with Gasteiger partial charge in [0, 0.05) is 11.5 Å². The maximum atomic E-state index is 13.4. The van der Waals surface area contributed by atoms with Gasteiger partial charge in [-0.15, -0.1) is 0 Å². The summed E-state index contributed by atoms with van der Waals surface area (Å²) in [6.45, 7) is 1.30. The fourth-order valence-corrected chi connectivity index (χ4v) is 1.58. The Bertz CT molecular complexity index is 648. The predicted molar refractivity (Wildman–Crippen MR) is 55.9 cm³/mol.